The maximum atomic E-state index is 14.4. The summed E-state index contributed by atoms with van der Waals surface area (Å²) in [6.07, 6.45) is 1.82. The first-order chi connectivity index (χ1) is 23.8. The molecule has 1 aromatic heterocycles. The molecule has 8 nitrogen and oxygen atoms in total. The maximum absolute atomic E-state index is 14.4. The normalized spacial score (nSPS) is 14.2. The monoisotopic (exact) mass is 850 g/mol. The fourth-order valence-electron chi connectivity index (χ4n) is 5.52. The Kier molecular flexibility index (Phi) is 11.0. The van der Waals surface area contributed by atoms with Gasteiger partial charge in [-0.15, -0.1) is 0 Å². The van der Waals surface area contributed by atoms with Crippen LogP contribution in [0.25, 0.3) is 11.8 Å². The van der Waals surface area contributed by atoms with Gasteiger partial charge in [0.15, 0.2) is 16.3 Å². The predicted octanol–water partition coefficient (Wildman–Crippen LogP) is 7.29. The van der Waals surface area contributed by atoms with Gasteiger partial charge in [0.25, 0.3) is 5.56 Å². The fourth-order valence-corrected chi connectivity index (χ4v) is 7.57. The molecule has 0 radical (unpaired) electrons. The third-order valence-electron chi connectivity index (χ3n) is 7.73. The van der Waals surface area contributed by atoms with Gasteiger partial charge in [-0.05, 0) is 95.6 Å². The van der Waals surface area contributed by atoms with Crippen LogP contribution < -0.4 is 29.1 Å². The van der Waals surface area contributed by atoms with Gasteiger partial charge in [0.05, 0.1) is 45.7 Å². The zero-order chi connectivity index (χ0) is 34.5. The largest absolute Gasteiger partial charge is 0.494 e. The van der Waals surface area contributed by atoms with E-state index in [1.807, 2.05) is 104 Å². The molecule has 0 N–H and O–H groups in total. The minimum absolute atomic E-state index is 0.175. The van der Waals surface area contributed by atoms with Crippen LogP contribution in [-0.2, 0) is 16.1 Å². The number of esters is 1. The van der Waals surface area contributed by atoms with Gasteiger partial charge in [0, 0.05) is 10.0 Å². The number of nitrogens with zero attached hydrogens (tertiary/aromatic N) is 2. The number of fused-ring (bicyclic) bond motifs is 1. The molecule has 49 heavy (non-hydrogen) atoms. The lowest BCUT2D eigenvalue weighted by Crippen LogP contribution is -2.40. The summed E-state index contributed by atoms with van der Waals surface area (Å²) in [4.78, 5) is 33.5. The van der Waals surface area contributed by atoms with Gasteiger partial charge in [-0.25, -0.2) is 9.79 Å². The number of methoxy groups -OCH3 is 1. The van der Waals surface area contributed by atoms with Crippen LogP contribution in [0.2, 0.25) is 0 Å². The summed E-state index contributed by atoms with van der Waals surface area (Å²) in [7, 11) is 1.59. The van der Waals surface area contributed by atoms with Crippen LogP contribution in [0, 0.1) is 3.57 Å². The second kappa shape index (κ2) is 15.6. The lowest BCUT2D eigenvalue weighted by molar-refractivity contribution is -0.138. The van der Waals surface area contributed by atoms with Gasteiger partial charge in [-0.2, -0.15) is 0 Å². The summed E-state index contributed by atoms with van der Waals surface area (Å²) in [5, 5.41) is 0. The molecule has 0 spiro atoms. The Hall–Kier alpha value is -4.20. The highest BCUT2D eigenvalue weighted by molar-refractivity contribution is 14.1. The topological polar surface area (TPSA) is 88.4 Å². The predicted molar refractivity (Wildman–Crippen MR) is 203 cm³/mol. The summed E-state index contributed by atoms with van der Waals surface area (Å²) in [5.41, 5.74) is 3.73. The van der Waals surface area contributed by atoms with Gasteiger partial charge in [0.1, 0.15) is 12.4 Å². The maximum Gasteiger partial charge on any atom is 0.338 e. The van der Waals surface area contributed by atoms with E-state index in [9.17, 15) is 9.59 Å². The van der Waals surface area contributed by atoms with E-state index in [4.69, 9.17) is 23.9 Å². The number of benzene rings is 4. The van der Waals surface area contributed by atoms with Crippen LogP contribution in [0.15, 0.2) is 111 Å². The highest BCUT2D eigenvalue weighted by Crippen LogP contribution is 2.37. The number of carbonyl (C=O) groups is 1. The molecule has 11 heteroatoms. The number of thiazole rings is 1. The molecule has 0 bridgehead atoms. The van der Waals surface area contributed by atoms with E-state index >= 15 is 0 Å². The second-order valence-corrected chi connectivity index (χ2v) is 14.0. The van der Waals surface area contributed by atoms with Crippen molar-refractivity contribution in [2.24, 2.45) is 4.99 Å². The standard InChI is InChI=1S/C38H32BrIN2O6S/c1-4-46-28-17-13-26(14-18-28)34-32(37(44)47-5-2)33(25-9-7-6-8-10-25)41-38-42(34)36(43)31(49-38)21-24-19-29(40)35(30(20-24)45-3)48-22-23-11-15-27(39)16-12-23/h6-21,34H,4-5,22H2,1-3H3/b31-21-/t34-/m1/s1. The molecule has 6 rings (SSSR count). The highest BCUT2D eigenvalue weighted by atomic mass is 127. The van der Waals surface area contributed by atoms with Crippen molar-refractivity contribution < 1.29 is 23.7 Å². The Morgan fingerprint density at radius 1 is 0.980 bits per heavy atom. The SMILES string of the molecule is CCOC(=O)C1=C(c2ccccc2)N=c2s/c(=C\c3cc(I)c(OCc4ccc(Br)cc4)c(OC)c3)c(=O)n2[C@@H]1c1ccc(OCC)cc1. The van der Waals surface area contributed by atoms with Crippen molar-refractivity contribution in [1.82, 2.24) is 4.57 Å². The first-order valence-corrected chi connectivity index (χ1v) is 18.3. The van der Waals surface area contributed by atoms with E-state index in [1.165, 1.54) is 11.3 Å². The smallest absolute Gasteiger partial charge is 0.338 e. The van der Waals surface area contributed by atoms with E-state index in [0.29, 0.717) is 51.1 Å². The third-order valence-corrected chi connectivity index (χ3v) is 10.0. The second-order valence-electron chi connectivity index (χ2n) is 10.9. The Morgan fingerprint density at radius 3 is 2.39 bits per heavy atom. The van der Waals surface area contributed by atoms with Crippen LogP contribution in [0.1, 0.15) is 42.1 Å². The molecule has 2 heterocycles. The molecule has 0 saturated heterocycles. The molecular weight excluding hydrogens is 819 g/mol. The first kappa shape index (κ1) is 34.7. The Morgan fingerprint density at radius 2 is 1.71 bits per heavy atom. The molecule has 0 amide bonds. The van der Waals surface area contributed by atoms with Crippen molar-refractivity contribution in [3.63, 3.8) is 0 Å². The number of hydrogen-bond acceptors (Lipinski definition) is 8. The van der Waals surface area contributed by atoms with Crippen molar-refractivity contribution in [3.05, 3.63) is 147 Å². The molecule has 0 saturated carbocycles. The summed E-state index contributed by atoms with van der Waals surface area (Å²) in [6, 6.07) is 27.9. The van der Waals surface area contributed by atoms with Crippen LogP contribution in [0.5, 0.6) is 17.2 Å². The summed E-state index contributed by atoms with van der Waals surface area (Å²) >= 11 is 6.95. The minimum Gasteiger partial charge on any atom is -0.494 e. The quantitative estimate of drug-likeness (QED) is 0.103. The van der Waals surface area contributed by atoms with E-state index in [-0.39, 0.29) is 12.2 Å². The zero-order valence-electron chi connectivity index (χ0n) is 26.9. The summed E-state index contributed by atoms with van der Waals surface area (Å²) < 4.78 is 27.0. The summed E-state index contributed by atoms with van der Waals surface area (Å²) in [5.74, 6) is 1.32. The molecule has 0 fully saturated rings. The van der Waals surface area contributed by atoms with Crippen LogP contribution >= 0.6 is 49.9 Å². The van der Waals surface area contributed by atoms with Crippen LogP contribution in [-0.4, -0.2) is 30.9 Å². The molecule has 0 aliphatic carbocycles. The lowest BCUT2D eigenvalue weighted by Gasteiger charge is -2.26. The molecular formula is C38H32BrIN2O6S. The van der Waals surface area contributed by atoms with E-state index in [2.05, 4.69) is 38.5 Å². The number of carbonyl (C=O) groups excluding carboxylic acids is 1. The average molecular weight is 852 g/mol. The minimum atomic E-state index is -0.785. The molecule has 1 aliphatic heterocycles. The number of ether oxygens (including phenoxy) is 4. The summed E-state index contributed by atoms with van der Waals surface area (Å²) in [6.45, 7) is 4.74. The fraction of sp³-hybridized carbons (Fsp3) is 0.184. The molecule has 250 valence electrons. The van der Waals surface area contributed by atoms with Gasteiger partial charge >= 0.3 is 5.97 Å². The first-order valence-electron chi connectivity index (χ1n) is 15.6. The van der Waals surface area contributed by atoms with Gasteiger partial charge < -0.3 is 18.9 Å². The van der Waals surface area contributed by atoms with Crippen molar-refractivity contribution in [2.75, 3.05) is 20.3 Å². The highest BCUT2D eigenvalue weighted by Gasteiger charge is 2.35. The number of hydrogen-bond donors (Lipinski definition) is 0. The van der Waals surface area contributed by atoms with Gasteiger partial charge in [0.2, 0.25) is 0 Å². The van der Waals surface area contributed by atoms with E-state index in [1.54, 1.807) is 18.6 Å². The van der Waals surface area contributed by atoms with Gasteiger partial charge in [-0.3, -0.25) is 9.36 Å². The molecule has 1 atom stereocenters. The Labute approximate surface area is 309 Å². The number of aromatic nitrogens is 1. The van der Waals surface area contributed by atoms with E-state index in [0.717, 1.165) is 30.3 Å². The van der Waals surface area contributed by atoms with Crippen molar-refractivity contribution in [2.45, 2.75) is 26.5 Å². The zero-order valence-corrected chi connectivity index (χ0v) is 31.5. The van der Waals surface area contributed by atoms with Crippen LogP contribution in [0.4, 0.5) is 0 Å². The van der Waals surface area contributed by atoms with Crippen molar-refractivity contribution in [1.29, 1.82) is 0 Å². The molecule has 4 aromatic carbocycles. The number of halogens is 2. The average Bonchev–Trinajstić information content (AvgIpc) is 3.42. The third kappa shape index (κ3) is 7.53. The van der Waals surface area contributed by atoms with E-state index < -0.39 is 12.0 Å². The Balaban J connectivity index is 1.48. The van der Waals surface area contributed by atoms with Crippen molar-refractivity contribution >= 4 is 67.6 Å². The molecule has 0 unspecified atom stereocenters. The molecule has 5 aromatic rings. The van der Waals surface area contributed by atoms with Gasteiger partial charge in [-0.1, -0.05) is 81.9 Å². The number of rotatable bonds is 11. The van der Waals surface area contributed by atoms with Crippen LogP contribution in [0.3, 0.4) is 0 Å². The lowest BCUT2D eigenvalue weighted by atomic mass is 9.93. The Bertz CT molecular complexity index is 2200. The molecule has 1 aliphatic rings. The van der Waals surface area contributed by atoms with Crippen molar-refractivity contribution in [3.8, 4) is 17.2 Å².